The fourth-order valence-corrected chi connectivity index (χ4v) is 6.38. The topological polar surface area (TPSA) is 55.3 Å². The van der Waals surface area contributed by atoms with Crippen LogP contribution in [-0.2, 0) is 16.0 Å². The van der Waals surface area contributed by atoms with Gasteiger partial charge in [0.2, 0.25) is 0 Å². The van der Waals surface area contributed by atoms with Crippen molar-refractivity contribution in [2.24, 2.45) is 5.41 Å². The number of carbonyl (C=O) groups is 1. The van der Waals surface area contributed by atoms with Crippen LogP contribution in [0, 0.1) is 12.3 Å². The number of thiazole rings is 1. The number of hydrogen-bond donors (Lipinski definition) is 0. The number of benzene rings is 1. The first kappa shape index (κ1) is 23.0. The van der Waals surface area contributed by atoms with Crippen LogP contribution in [0.5, 0.6) is 0 Å². The molecule has 0 unspecified atom stereocenters. The van der Waals surface area contributed by atoms with E-state index in [0.29, 0.717) is 6.42 Å². The molecular formula is C28H33N3O2S. The standard InChI is InChI=1S/C28H33N3O2S/c1-19-15-21(26-29-11-14-34-26)16-24(30-19)31-12-9-28(10-13-31)18-20-7-5-6-8-22(20)23(28)17-25(32)33-27(2,3)4/h5-8,11,14-16,23H,9-10,12-13,17-18H2,1-4H3/t23-/m1/s1. The highest BCUT2D eigenvalue weighted by Crippen LogP contribution is 2.55. The van der Waals surface area contributed by atoms with Crippen LogP contribution in [0.25, 0.3) is 10.6 Å². The van der Waals surface area contributed by atoms with Gasteiger partial charge in [-0.25, -0.2) is 9.97 Å². The molecule has 34 heavy (non-hydrogen) atoms. The van der Waals surface area contributed by atoms with Crippen molar-refractivity contribution in [3.63, 3.8) is 0 Å². The van der Waals surface area contributed by atoms with Gasteiger partial charge >= 0.3 is 5.97 Å². The van der Waals surface area contributed by atoms with Gasteiger partial charge in [0.1, 0.15) is 16.4 Å². The van der Waals surface area contributed by atoms with Crippen molar-refractivity contribution in [2.45, 2.75) is 64.9 Å². The summed E-state index contributed by atoms with van der Waals surface area (Å²) in [6, 6.07) is 13.0. The third-order valence-electron chi connectivity index (χ3n) is 7.21. The Hall–Kier alpha value is -2.73. The second-order valence-corrected chi connectivity index (χ2v) is 11.7. The lowest BCUT2D eigenvalue weighted by atomic mass is 9.68. The Kier molecular flexibility index (Phi) is 5.96. The number of hydrogen-bond acceptors (Lipinski definition) is 6. The molecule has 0 bridgehead atoms. The molecule has 1 aliphatic carbocycles. The van der Waals surface area contributed by atoms with E-state index in [2.05, 4.69) is 53.2 Å². The zero-order valence-corrected chi connectivity index (χ0v) is 21.3. The maximum atomic E-state index is 12.9. The van der Waals surface area contributed by atoms with Gasteiger partial charge in [0.05, 0.1) is 6.42 Å². The number of piperidine rings is 1. The van der Waals surface area contributed by atoms with Crippen LogP contribution in [-0.4, -0.2) is 34.6 Å². The molecule has 0 N–H and O–H groups in total. The molecule has 2 aliphatic rings. The summed E-state index contributed by atoms with van der Waals surface area (Å²) in [4.78, 5) is 24.6. The van der Waals surface area contributed by atoms with Crippen molar-refractivity contribution < 1.29 is 9.53 Å². The molecule has 2 aromatic heterocycles. The number of rotatable bonds is 4. The highest BCUT2D eigenvalue weighted by Gasteiger charge is 2.48. The first-order chi connectivity index (χ1) is 16.2. The minimum absolute atomic E-state index is 0.0931. The summed E-state index contributed by atoms with van der Waals surface area (Å²) < 4.78 is 5.74. The predicted octanol–water partition coefficient (Wildman–Crippen LogP) is 6.17. The molecule has 0 radical (unpaired) electrons. The Bertz CT molecular complexity index is 1170. The Morgan fingerprint density at radius 2 is 1.97 bits per heavy atom. The molecule has 3 aromatic rings. The van der Waals surface area contributed by atoms with Gasteiger partial charge in [0.25, 0.3) is 0 Å². The monoisotopic (exact) mass is 475 g/mol. The zero-order valence-electron chi connectivity index (χ0n) is 20.5. The van der Waals surface area contributed by atoms with E-state index < -0.39 is 5.60 Å². The molecule has 5 rings (SSSR count). The second-order valence-electron chi connectivity index (χ2n) is 10.8. The van der Waals surface area contributed by atoms with Crippen molar-refractivity contribution in [2.75, 3.05) is 18.0 Å². The van der Waals surface area contributed by atoms with E-state index in [-0.39, 0.29) is 17.3 Å². The minimum atomic E-state index is -0.461. The van der Waals surface area contributed by atoms with Gasteiger partial charge in [-0.3, -0.25) is 4.79 Å². The van der Waals surface area contributed by atoms with Gasteiger partial charge in [-0.2, -0.15) is 0 Å². The molecule has 6 heteroatoms. The minimum Gasteiger partial charge on any atom is -0.460 e. The summed E-state index contributed by atoms with van der Waals surface area (Å²) in [6.45, 7) is 9.75. The molecule has 5 nitrogen and oxygen atoms in total. The Labute approximate surface area is 206 Å². The average Bonchev–Trinajstić information content (AvgIpc) is 3.40. The highest BCUT2D eigenvalue weighted by molar-refractivity contribution is 7.13. The van der Waals surface area contributed by atoms with E-state index in [9.17, 15) is 4.79 Å². The Balaban J connectivity index is 1.37. The van der Waals surface area contributed by atoms with Gasteiger partial charge in [0, 0.05) is 41.8 Å². The van der Waals surface area contributed by atoms with Crippen molar-refractivity contribution in [3.05, 3.63) is 64.8 Å². The Morgan fingerprint density at radius 3 is 2.68 bits per heavy atom. The number of fused-ring (bicyclic) bond motifs is 1. The number of nitrogens with zero attached hydrogens (tertiary/aromatic N) is 3. The van der Waals surface area contributed by atoms with Crippen molar-refractivity contribution in [3.8, 4) is 10.6 Å². The lowest BCUT2D eigenvalue weighted by Gasteiger charge is -2.44. The molecular weight excluding hydrogens is 442 g/mol. The third-order valence-corrected chi connectivity index (χ3v) is 8.03. The van der Waals surface area contributed by atoms with Gasteiger partial charge < -0.3 is 9.64 Å². The molecule has 3 heterocycles. The lowest BCUT2D eigenvalue weighted by Crippen LogP contribution is -2.43. The molecule has 1 aliphatic heterocycles. The summed E-state index contributed by atoms with van der Waals surface area (Å²) in [7, 11) is 0. The van der Waals surface area contributed by atoms with Gasteiger partial charge in [-0.1, -0.05) is 24.3 Å². The summed E-state index contributed by atoms with van der Waals surface area (Å²) in [5.41, 5.74) is 4.51. The molecule has 1 fully saturated rings. The van der Waals surface area contributed by atoms with E-state index in [0.717, 1.165) is 54.4 Å². The Morgan fingerprint density at radius 1 is 1.21 bits per heavy atom. The van der Waals surface area contributed by atoms with Gasteiger partial charge in [0.15, 0.2) is 0 Å². The quantitative estimate of drug-likeness (QED) is 0.422. The molecule has 1 aromatic carbocycles. The van der Waals surface area contributed by atoms with Gasteiger partial charge in [-0.15, -0.1) is 11.3 Å². The maximum Gasteiger partial charge on any atom is 0.306 e. The molecule has 1 atom stereocenters. The van der Waals surface area contributed by atoms with E-state index >= 15 is 0 Å². The number of aryl methyl sites for hydroxylation is 1. The molecule has 178 valence electrons. The first-order valence-electron chi connectivity index (χ1n) is 12.2. The van der Waals surface area contributed by atoms with E-state index in [1.165, 1.54) is 11.1 Å². The van der Waals surface area contributed by atoms with Crippen LogP contribution in [0.2, 0.25) is 0 Å². The van der Waals surface area contributed by atoms with Crippen LogP contribution in [0.3, 0.4) is 0 Å². The van der Waals surface area contributed by atoms with E-state index in [1.54, 1.807) is 11.3 Å². The summed E-state index contributed by atoms with van der Waals surface area (Å²) >= 11 is 1.66. The van der Waals surface area contributed by atoms with Crippen molar-refractivity contribution >= 4 is 23.1 Å². The number of pyridine rings is 1. The van der Waals surface area contributed by atoms with E-state index in [1.807, 2.05) is 32.3 Å². The molecule has 0 amide bonds. The fraction of sp³-hybridized carbons (Fsp3) is 0.464. The van der Waals surface area contributed by atoms with Crippen molar-refractivity contribution in [1.82, 2.24) is 9.97 Å². The lowest BCUT2D eigenvalue weighted by molar-refractivity contribution is -0.156. The number of aromatic nitrogens is 2. The predicted molar refractivity (Wildman–Crippen MR) is 137 cm³/mol. The zero-order chi connectivity index (χ0) is 23.9. The van der Waals surface area contributed by atoms with E-state index in [4.69, 9.17) is 9.72 Å². The number of carbonyl (C=O) groups excluding carboxylic acids is 1. The van der Waals surface area contributed by atoms with Crippen LogP contribution in [0.1, 0.15) is 62.8 Å². The fourth-order valence-electron chi connectivity index (χ4n) is 5.75. The van der Waals surface area contributed by atoms with Gasteiger partial charge in [-0.05, 0) is 75.6 Å². The van der Waals surface area contributed by atoms with Crippen LogP contribution < -0.4 is 4.90 Å². The normalized spacial score (nSPS) is 19.3. The van der Waals surface area contributed by atoms with Crippen molar-refractivity contribution in [1.29, 1.82) is 0 Å². The van der Waals surface area contributed by atoms with Crippen LogP contribution in [0.4, 0.5) is 5.82 Å². The molecule has 0 saturated carbocycles. The number of esters is 1. The van der Waals surface area contributed by atoms with Crippen LogP contribution >= 0.6 is 11.3 Å². The molecule has 1 spiro atoms. The maximum absolute atomic E-state index is 12.9. The highest BCUT2D eigenvalue weighted by atomic mass is 32.1. The summed E-state index contributed by atoms with van der Waals surface area (Å²) in [5.74, 6) is 1.14. The van der Waals surface area contributed by atoms with Crippen LogP contribution in [0.15, 0.2) is 48.0 Å². The third kappa shape index (κ3) is 4.61. The number of anilines is 1. The molecule has 1 saturated heterocycles. The second kappa shape index (κ2) is 8.81. The largest absolute Gasteiger partial charge is 0.460 e. The first-order valence-corrected chi connectivity index (χ1v) is 13.0. The SMILES string of the molecule is Cc1cc(-c2nccs2)cc(N2CCC3(CC2)Cc2ccccc2[C@H]3CC(=O)OC(C)(C)C)n1. The smallest absolute Gasteiger partial charge is 0.306 e. The number of ether oxygens (including phenoxy) is 1. The average molecular weight is 476 g/mol. The summed E-state index contributed by atoms with van der Waals surface area (Å²) in [5, 5.41) is 3.04. The summed E-state index contributed by atoms with van der Waals surface area (Å²) in [6.07, 6.45) is 5.42.